The fraction of sp³-hybridized carbons (Fsp3) is 0.474. The largest absolute Gasteiger partial charge is 0.369 e. The minimum absolute atomic E-state index is 0.199. The van der Waals surface area contributed by atoms with Crippen molar-refractivity contribution in [3.05, 3.63) is 40.7 Å². The molecule has 7 nitrogen and oxygen atoms in total. The van der Waals surface area contributed by atoms with Crippen LogP contribution in [0.25, 0.3) is 0 Å². The molecule has 152 valence electrons. The van der Waals surface area contributed by atoms with Crippen LogP contribution in [0.1, 0.15) is 30.7 Å². The monoisotopic (exact) mass is 423 g/mol. The Bertz CT molecular complexity index is 930. The van der Waals surface area contributed by atoms with Gasteiger partial charge in [-0.3, -0.25) is 0 Å². The Hall–Kier alpha value is -1.90. The van der Waals surface area contributed by atoms with Crippen LogP contribution in [-0.2, 0) is 10.0 Å². The molecule has 1 aromatic heterocycles. The van der Waals surface area contributed by atoms with E-state index < -0.39 is 10.0 Å². The highest BCUT2D eigenvalue weighted by Gasteiger charge is 2.18. The van der Waals surface area contributed by atoms with Crippen molar-refractivity contribution in [3.8, 4) is 0 Å². The zero-order chi connectivity index (χ0) is 20.1. The van der Waals surface area contributed by atoms with Crippen molar-refractivity contribution >= 4 is 33.3 Å². The first-order chi connectivity index (χ1) is 13.4. The van der Waals surface area contributed by atoms with Crippen LogP contribution in [0.15, 0.2) is 29.2 Å². The van der Waals surface area contributed by atoms with Crippen LogP contribution in [0.4, 0.5) is 11.6 Å². The maximum absolute atomic E-state index is 12.5. The third-order valence-corrected chi connectivity index (χ3v) is 6.75. The zero-order valence-corrected chi connectivity index (χ0v) is 17.8. The van der Waals surface area contributed by atoms with Gasteiger partial charge in [0.2, 0.25) is 10.0 Å². The second-order valence-electron chi connectivity index (χ2n) is 6.89. The minimum Gasteiger partial charge on any atom is -0.369 e. The van der Waals surface area contributed by atoms with E-state index in [4.69, 9.17) is 11.6 Å². The van der Waals surface area contributed by atoms with E-state index in [1.54, 1.807) is 25.1 Å². The molecule has 1 aliphatic heterocycles. The van der Waals surface area contributed by atoms with Crippen molar-refractivity contribution in [3.63, 3.8) is 0 Å². The van der Waals surface area contributed by atoms with E-state index in [2.05, 4.69) is 24.9 Å². The predicted octanol–water partition coefficient (Wildman–Crippen LogP) is 3.13. The third-order valence-electron chi connectivity index (χ3n) is 4.74. The number of rotatable bonds is 7. The molecule has 0 saturated carbocycles. The molecule has 0 aliphatic carbocycles. The first kappa shape index (κ1) is 20.8. The van der Waals surface area contributed by atoms with Crippen LogP contribution in [-0.4, -0.2) is 44.6 Å². The Morgan fingerprint density at radius 3 is 2.61 bits per heavy atom. The number of nitrogens with one attached hydrogen (secondary N) is 2. The van der Waals surface area contributed by atoms with Crippen LogP contribution in [0.5, 0.6) is 0 Å². The molecule has 28 heavy (non-hydrogen) atoms. The first-order valence-electron chi connectivity index (χ1n) is 9.46. The summed E-state index contributed by atoms with van der Waals surface area (Å²) in [4.78, 5) is 11.4. The van der Waals surface area contributed by atoms with Gasteiger partial charge in [-0.1, -0.05) is 17.7 Å². The SMILES string of the molecule is Cc1nc(NCCNS(=O)(=O)c2cccc(Cl)c2C)cc(N2CCCCC2)n1. The number of halogens is 1. The van der Waals surface area contributed by atoms with E-state index in [0.717, 1.165) is 18.9 Å². The highest BCUT2D eigenvalue weighted by atomic mass is 35.5. The van der Waals surface area contributed by atoms with Gasteiger partial charge in [0.15, 0.2) is 0 Å². The van der Waals surface area contributed by atoms with Crippen molar-refractivity contribution in [2.24, 2.45) is 0 Å². The molecule has 0 spiro atoms. The normalized spacial score (nSPS) is 14.9. The summed E-state index contributed by atoms with van der Waals surface area (Å²) in [5.74, 6) is 2.32. The number of sulfonamides is 1. The Morgan fingerprint density at radius 1 is 1.11 bits per heavy atom. The summed E-state index contributed by atoms with van der Waals surface area (Å²) in [6.07, 6.45) is 3.62. The zero-order valence-electron chi connectivity index (χ0n) is 16.2. The van der Waals surface area contributed by atoms with E-state index in [9.17, 15) is 8.42 Å². The van der Waals surface area contributed by atoms with Crippen LogP contribution in [0.2, 0.25) is 5.02 Å². The molecule has 0 amide bonds. The lowest BCUT2D eigenvalue weighted by atomic mass is 10.1. The van der Waals surface area contributed by atoms with Gasteiger partial charge in [0, 0.05) is 37.3 Å². The van der Waals surface area contributed by atoms with Crippen molar-refractivity contribution in [2.75, 3.05) is 36.4 Å². The minimum atomic E-state index is -3.62. The molecule has 1 fully saturated rings. The molecule has 0 bridgehead atoms. The number of hydrogen-bond donors (Lipinski definition) is 2. The van der Waals surface area contributed by atoms with Gasteiger partial charge in [0.25, 0.3) is 0 Å². The number of aromatic nitrogens is 2. The molecule has 2 N–H and O–H groups in total. The number of aryl methyl sites for hydroxylation is 1. The summed E-state index contributed by atoms with van der Waals surface area (Å²) >= 11 is 6.03. The molecule has 3 rings (SSSR count). The van der Waals surface area contributed by atoms with Gasteiger partial charge in [-0.2, -0.15) is 0 Å². The quantitative estimate of drug-likeness (QED) is 0.665. The number of nitrogens with zero attached hydrogens (tertiary/aromatic N) is 3. The highest BCUT2D eigenvalue weighted by Crippen LogP contribution is 2.23. The number of anilines is 2. The summed E-state index contributed by atoms with van der Waals surface area (Å²) in [7, 11) is -3.62. The second kappa shape index (κ2) is 9.07. The Labute approximate surface area is 171 Å². The molecule has 0 atom stereocenters. The predicted molar refractivity (Wildman–Crippen MR) is 113 cm³/mol. The van der Waals surface area contributed by atoms with Gasteiger partial charge in [-0.05, 0) is 50.8 Å². The molecule has 1 saturated heterocycles. The fourth-order valence-corrected chi connectivity index (χ4v) is 4.79. The van der Waals surface area contributed by atoms with Crippen molar-refractivity contribution in [2.45, 2.75) is 38.0 Å². The van der Waals surface area contributed by atoms with Gasteiger partial charge in [-0.15, -0.1) is 0 Å². The van der Waals surface area contributed by atoms with E-state index >= 15 is 0 Å². The van der Waals surface area contributed by atoms with Crippen molar-refractivity contribution in [1.29, 1.82) is 0 Å². The lowest BCUT2D eigenvalue weighted by molar-refractivity contribution is 0.572. The third kappa shape index (κ3) is 5.12. The summed E-state index contributed by atoms with van der Waals surface area (Å²) in [5, 5.41) is 3.62. The summed E-state index contributed by atoms with van der Waals surface area (Å²) in [6.45, 7) is 6.22. The van der Waals surface area contributed by atoms with Gasteiger partial charge >= 0.3 is 0 Å². The van der Waals surface area contributed by atoms with E-state index in [1.807, 2.05) is 13.0 Å². The van der Waals surface area contributed by atoms with Gasteiger partial charge in [0.05, 0.1) is 4.90 Å². The lowest BCUT2D eigenvalue weighted by Gasteiger charge is -2.28. The molecular weight excluding hydrogens is 398 g/mol. The Balaban J connectivity index is 1.59. The van der Waals surface area contributed by atoms with Crippen molar-refractivity contribution < 1.29 is 8.42 Å². The smallest absolute Gasteiger partial charge is 0.240 e. The molecule has 9 heteroatoms. The maximum Gasteiger partial charge on any atom is 0.240 e. The average Bonchev–Trinajstić information content (AvgIpc) is 2.67. The van der Waals surface area contributed by atoms with Crippen LogP contribution in [0.3, 0.4) is 0 Å². The van der Waals surface area contributed by atoms with Gasteiger partial charge < -0.3 is 10.2 Å². The number of piperidine rings is 1. The molecule has 2 aromatic rings. The lowest BCUT2D eigenvalue weighted by Crippen LogP contribution is -2.31. The molecule has 0 radical (unpaired) electrons. The topological polar surface area (TPSA) is 87.2 Å². The van der Waals surface area contributed by atoms with E-state index in [0.29, 0.717) is 28.8 Å². The second-order valence-corrected chi connectivity index (χ2v) is 9.04. The fourth-order valence-electron chi connectivity index (χ4n) is 3.26. The standard InChI is InChI=1S/C19H26ClN5O2S/c1-14-16(20)7-6-8-17(14)28(26,27)22-10-9-21-18-13-19(24-15(2)23-18)25-11-4-3-5-12-25/h6-8,13,22H,3-5,9-12H2,1-2H3,(H,21,23,24). The summed E-state index contributed by atoms with van der Waals surface area (Å²) in [6, 6.07) is 6.78. The van der Waals surface area contributed by atoms with Crippen LogP contribution in [0, 0.1) is 13.8 Å². The molecular formula is C19H26ClN5O2S. The number of benzene rings is 1. The van der Waals surface area contributed by atoms with E-state index in [1.165, 1.54) is 19.3 Å². The molecule has 2 heterocycles. The van der Waals surface area contributed by atoms with Crippen LogP contribution >= 0.6 is 11.6 Å². The van der Waals surface area contributed by atoms with Gasteiger partial charge in [-0.25, -0.2) is 23.1 Å². The summed E-state index contributed by atoms with van der Waals surface area (Å²) < 4.78 is 27.6. The molecule has 1 aliphatic rings. The highest BCUT2D eigenvalue weighted by molar-refractivity contribution is 7.89. The molecule has 0 unspecified atom stereocenters. The Morgan fingerprint density at radius 2 is 1.86 bits per heavy atom. The maximum atomic E-state index is 12.5. The Kier molecular flexibility index (Phi) is 6.74. The van der Waals surface area contributed by atoms with E-state index in [-0.39, 0.29) is 11.4 Å². The number of hydrogen-bond acceptors (Lipinski definition) is 6. The first-order valence-corrected chi connectivity index (χ1v) is 11.3. The summed E-state index contributed by atoms with van der Waals surface area (Å²) in [5.41, 5.74) is 0.544. The van der Waals surface area contributed by atoms with Crippen LogP contribution < -0.4 is 14.9 Å². The average molecular weight is 424 g/mol. The molecule has 1 aromatic carbocycles. The van der Waals surface area contributed by atoms with Gasteiger partial charge in [0.1, 0.15) is 17.5 Å². The van der Waals surface area contributed by atoms with Crippen molar-refractivity contribution in [1.82, 2.24) is 14.7 Å².